The molecule has 0 bridgehead atoms. The van der Waals surface area contributed by atoms with Crippen molar-refractivity contribution in [3.8, 4) is 5.75 Å². The highest BCUT2D eigenvalue weighted by Gasteiger charge is 2.14. The molecule has 1 aromatic carbocycles. The van der Waals surface area contributed by atoms with Crippen molar-refractivity contribution < 1.29 is 19.1 Å². The Labute approximate surface area is 123 Å². The van der Waals surface area contributed by atoms with E-state index in [-0.39, 0.29) is 12.7 Å². The molecule has 0 fully saturated rings. The standard InChI is InChI=1S/C15H20N2O4/c1-4-19-11(3)15-16-14(21-17-15)9-20-13-7-5-6-12(8-13)10(2)18/h5-8,10-11,18H,4,9H2,1-3H3/t10-,11-/m0/s1. The summed E-state index contributed by atoms with van der Waals surface area (Å²) >= 11 is 0. The summed E-state index contributed by atoms with van der Waals surface area (Å²) in [6.45, 7) is 6.25. The van der Waals surface area contributed by atoms with Gasteiger partial charge in [0.25, 0.3) is 5.89 Å². The van der Waals surface area contributed by atoms with E-state index in [2.05, 4.69) is 10.1 Å². The molecule has 0 spiro atoms. The normalized spacial score (nSPS) is 13.9. The summed E-state index contributed by atoms with van der Waals surface area (Å²) in [6.07, 6.45) is -0.735. The van der Waals surface area contributed by atoms with Crippen molar-refractivity contribution in [2.75, 3.05) is 6.61 Å². The van der Waals surface area contributed by atoms with Crippen molar-refractivity contribution in [1.82, 2.24) is 10.1 Å². The zero-order chi connectivity index (χ0) is 15.2. The molecular weight excluding hydrogens is 272 g/mol. The van der Waals surface area contributed by atoms with Crippen molar-refractivity contribution in [3.05, 3.63) is 41.5 Å². The topological polar surface area (TPSA) is 77.6 Å². The molecule has 0 aliphatic rings. The second-order valence-corrected chi connectivity index (χ2v) is 4.68. The third-order valence-corrected chi connectivity index (χ3v) is 2.97. The third kappa shape index (κ3) is 4.27. The van der Waals surface area contributed by atoms with E-state index < -0.39 is 6.10 Å². The van der Waals surface area contributed by atoms with E-state index >= 15 is 0 Å². The maximum absolute atomic E-state index is 9.54. The fourth-order valence-corrected chi connectivity index (χ4v) is 1.83. The summed E-state index contributed by atoms with van der Waals surface area (Å²) in [5, 5.41) is 13.4. The van der Waals surface area contributed by atoms with Gasteiger partial charge in [0.15, 0.2) is 12.4 Å². The van der Waals surface area contributed by atoms with Crippen molar-refractivity contribution in [3.63, 3.8) is 0 Å². The molecular formula is C15H20N2O4. The number of ether oxygens (including phenoxy) is 2. The van der Waals surface area contributed by atoms with Crippen LogP contribution in [0.3, 0.4) is 0 Å². The third-order valence-electron chi connectivity index (χ3n) is 2.97. The molecule has 0 unspecified atom stereocenters. The lowest BCUT2D eigenvalue weighted by Crippen LogP contribution is -2.02. The van der Waals surface area contributed by atoms with Crippen LogP contribution in [-0.4, -0.2) is 21.9 Å². The Morgan fingerprint density at radius 2 is 2.14 bits per heavy atom. The van der Waals surface area contributed by atoms with Crippen LogP contribution in [0.1, 0.15) is 50.3 Å². The summed E-state index contributed by atoms with van der Waals surface area (Å²) in [5.74, 6) is 1.54. The maximum Gasteiger partial charge on any atom is 0.264 e. The van der Waals surface area contributed by atoms with E-state index in [0.29, 0.717) is 24.1 Å². The first-order valence-electron chi connectivity index (χ1n) is 6.95. The molecule has 0 aliphatic carbocycles. The summed E-state index contributed by atoms with van der Waals surface area (Å²) in [7, 11) is 0. The van der Waals surface area contributed by atoms with E-state index in [1.165, 1.54) is 0 Å². The number of aliphatic hydroxyl groups excluding tert-OH is 1. The summed E-state index contributed by atoms with van der Waals surface area (Å²) in [6, 6.07) is 7.26. The van der Waals surface area contributed by atoms with Gasteiger partial charge in [-0.1, -0.05) is 17.3 Å². The molecule has 21 heavy (non-hydrogen) atoms. The van der Waals surface area contributed by atoms with Gasteiger partial charge in [-0.05, 0) is 38.5 Å². The minimum atomic E-state index is -0.532. The number of aromatic nitrogens is 2. The number of rotatable bonds is 7. The Hall–Kier alpha value is -1.92. The lowest BCUT2D eigenvalue weighted by atomic mass is 10.1. The number of hydrogen-bond acceptors (Lipinski definition) is 6. The monoisotopic (exact) mass is 292 g/mol. The molecule has 6 nitrogen and oxygen atoms in total. The molecule has 2 rings (SSSR count). The highest BCUT2D eigenvalue weighted by Crippen LogP contribution is 2.20. The van der Waals surface area contributed by atoms with Crippen LogP contribution in [0, 0.1) is 0 Å². The van der Waals surface area contributed by atoms with Crippen LogP contribution in [0.25, 0.3) is 0 Å². The number of aliphatic hydroxyl groups is 1. The van der Waals surface area contributed by atoms with Crippen LogP contribution in [-0.2, 0) is 11.3 Å². The highest BCUT2D eigenvalue weighted by molar-refractivity contribution is 5.29. The second-order valence-electron chi connectivity index (χ2n) is 4.68. The van der Waals surface area contributed by atoms with Crippen molar-refractivity contribution in [1.29, 1.82) is 0 Å². The number of benzene rings is 1. The fourth-order valence-electron chi connectivity index (χ4n) is 1.83. The molecule has 0 saturated heterocycles. The van der Waals surface area contributed by atoms with E-state index in [4.69, 9.17) is 14.0 Å². The van der Waals surface area contributed by atoms with Gasteiger partial charge < -0.3 is 19.1 Å². The van der Waals surface area contributed by atoms with Gasteiger partial charge in [-0.15, -0.1) is 0 Å². The van der Waals surface area contributed by atoms with Crippen molar-refractivity contribution in [2.24, 2.45) is 0 Å². The molecule has 0 radical (unpaired) electrons. The first-order valence-corrected chi connectivity index (χ1v) is 6.95. The summed E-state index contributed by atoms with van der Waals surface area (Å²) < 4.78 is 16.1. The van der Waals surface area contributed by atoms with Gasteiger partial charge in [0.2, 0.25) is 0 Å². The minimum absolute atomic E-state index is 0.176. The molecule has 0 amide bonds. The molecule has 6 heteroatoms. The van der Waals surface area contributed by atoms with Crippen LogP contribution in [0.2, 0.25) is 0 Å². The Morgan fingerprint density at radius 1 is 1.33 bits per heavy atom. The average Bonchev–Trinajstić information content (AvgIpc) is 2.95. The Kier molecular flexibility index (Phi) is 5.30. The van der Waals surface area contributed by atoms with Gasteiger partial charge in [0.1, 0.15) is 11.9 Å². The SMILES string of the molecule is CCO[C@@H](C)c1noc(COc2cccc([C@H](C)O)c2)n1. The predicted molar refractivity (Wildman–Crippen MR) is 75.7 cm³/mol. The quantitative estimate of drug-likeness (QED) is 0.845. The van der Waals surface area contributed by atoms with Gasteiger partial charge in [-0.3, -0.25) is 0 Å². The molecule has 1 aromatic heterocycles. The number of nitrogens with zero attached hydrogens (tertiary/aromatic N) is 2. The van der Waals surface area contributed by atoms with Crippen LogP contribution >= 0.6 is 0 Å². The summed E-state index contributed by atoms with van der Waals surface area (Å²) in [5.41, 5.74) is 0.795. The first kappa shape index (κ1) is 15.5. The molecule has 1 N–H and O–H groups in total. The molecule has 114 valence electrons. The zero-order valence-electron chi connectivity index (χ0n) is 12.4. The number of hydrogen-bond donors (Lipinski definition) is 1. The van der Waals surface area contributed by atoms with Crippen molar-refractivity contribution in [2.45, 2.75) is 39.6 Å². The van der Waals surface area contributed by atoms with E-state index in [1.54, 1.807) is 13.0 Å². The molecule has 0 saturated carbocycles. The van der Waals surface area contributed by atoms with Crippen LogP contribution < -0.4 is 4.74 Å². The Bertz CT molecular complexity index is 568. The van der Waals surface area contributed by atoms with Gasteiger partial charge in [-0.2, -0.15) is 4.98 Å². The Balaban J connectivity index is 1.95. The Morgan fingerprint density at radius 3 is 2.86 bits per heavy atom. The molecule has 1 heterocycles. The first-order chi connectivity index (χ1) is 10.1. The lowest BCUT2D eigenvalue weighted by Gasteiger charge is -2.08. The average molecular weight is 292 g/mol. The molecule has 0 aliphatic heterocycles. The van der Waals surface area contributed by atoms with Gasteiger partial charge in [-0.25, -0.2) is 0 Å². The van der Waals surface area contributed by atoms with Crippen LogP contribution in [0.5, 0.6) is 5.75 Å². The van der Waals surface area contributed by atoms with Crippen LogP contribution in [0.4, 0.5) is 0 Å². The largest absolute Gasteiger partial charge is 0.484 e. The predicted octanol–water partition coefficient (Wildman–Crippen LogP) is 2.80. The van der Waals surface area contributed by atoms with Gasteiger partial charge in [0.05, 0.1) is 6.10 Å². The summed E-state index contributed by atoms with van der Waals surface area (Å²) in [4.78, 5) is 4.22. The minimum Gasteiger partial charge on any atom is -0.484 e. The highest BCUT2D eigenvalue weighted by atomic mass is 16.5. The molecule has 2 atom stereocenters. The second kappa shape index (κ2) is 7.19. The van der Waals surface area contributed by atoms with E-state index in [9.17, 15) is 5.11 Å². The van der Waals surface area contributed by atoms with E-state index in [0.717, 1.165) is 5.56 Å². The van der Waals surface area contributed by atoms with Gasteiger partial charge in [0, 0.05) is 6.61 Å². The smallest absolute Gasteiger partial charge is 0.264 e. The fraction of sp³-hybridized carbons (Fsp3) is 0.467. The maximum atomic E-state index is 9.54. The molecule has 2 aromatic rings. The van der Waals surface area contributed by atoms with Crippen molar-refractivity contribution >= 4 is 0 Å². The van der Waals surface area contributed by atoms with Crippen LogP contribution in [0.15, 0.2) is 28.8 Å². The lowest BCUT2D eigenvalue weighted by molar-refractivity contribution is 0.0683. The van der Waals surface area contributed by atoms with E-state index in [1.807, 2.05) is 32.0 Å². The zero-order valence-corrected chi connectivity index (χ0v) is 12.4. The van der Waals surface area contributed by atoms with Gasteiger partial charge >= 0.3 is 0 Å².